The van der Waals surface area contributed by atoms with Gasteiger partial charge in [-0.15, -0.1) is 0 Å². The number of carbonyl (C=O) groups excluding carboxylic acids is 2. The highest BCUT2D eigenvalue weighted by atomic mass is 16.2. The van der Waals surface area contributed by atoms with Gasteiger partial charge in [0.15, 0.2) is 11.5 Å². The number of amides is 2. The van der Waals surface area contributed by atoms with E-state index in [1.54, 1.807) is 0 Å². The monoisotopic (exact) mass is 466 g/mol. The van der Waals surface area contributed by atoms with E-state index in [4.69, 9.17) is 5.41 Å². The lowest BCUT2D eigenvalue weighted by Gasteiger charge is -2.28. The van der Waals surface area contributed by atoms with Crippen molar-refractivity contribution in [2.75, 3.05) is 5.32 Å². The fourth-order valence-electron chi connectivity index (χ4n) is 5.25. The van der Waals surface area contributed by atoms with Crippen LogP contribution in [0.4, 0.5) is 5.69 Å². The molecule has 1 saturated carbocycles. The molecule has 5 rings (SSSR count). The third-order valence-electron chi connectivity index (χ3n) is 7.08. The Morgan fingerprint density at radius 2 is 1.49 bits per heavy atom. The maximum absolute atomic E-state index is 13.9. The summed E-state index contributed by atoms with van der Waals surface area (Å²) < 4.78 is 0. The summed E-state index contributed by atoms with van der Waals surface area (Å²) in [6, 6.07) is 26.6. The standard InChI is InChI=1S/C29H30N4O2/c30-28-32-29(23-11-3-1-4-12-23,24-13-5-2-6-14-24)27(35)33(28)20-22-15-17-25(18-16-22)31-26(34)19-21-9-7-8-10-21/h1-6,11-18,21H,7-10,19-20H2,(H2,30,32)(H,31,34). The van der Waals surface area contributed by atoms with Crippen LogP contribution in [0, 0.1) is 11.3 Å². The summed E-state index contributed by atoms with van der Waals surface area (Å²) in [5.41, 5.74) is 2.08. The van der Waals surface area contributed by atoms with Gasteiger partial charge in [-0.25, -0.2) is 0 Å². The van der Waals surface area contributed by atoms with Crippen molar-refractivity contribution in [2.24, 2.45) is 5.92 Å². The Bertz CT molecular complexity index is 1160. The van der Waals surface area contributed by atoms with Crippen LogP contribution >= 0.6 is 0 Å². The lowest BCUT2D eigenvalue weighted by atomic mass is 9.82. The van der Waals surface area contributed by atoms with E-state index in [-0.39, 0.29) is 24.3 Å². The molecule has 2 amide bonds. The number of rotatable bonds is 7. The normalized spacial score (nSPS) is 17.4. The Balaban J connectivity index is 1.33. The Morgan fingerprint density at radius 3 is 2.06 bits per heavy atom. The summed E-state index contributed by atoms with van der Waals surface area (Å²) in [4.78, 5) is 27.7. The molecule has 1 aliphatic carbocycles. The van der Waals surface area contributed by atoms with E-state index in [9.17, 15) is 9.59 Å². The van der Waals surface area contributed by atoms with Gasteiger partial charge in [0.1, 0.15) is 0 Å². The molecule has 6 nitrogen and oxygen atoms in total. The highest BCUT2D eigenvalue weighted by Crippen LogP contribution is 2.36. The third-order valence-corrected chi connectivity index (χ3v) is 7.08. The summed E-state index contributed by atoms with van der Waals surface area (Å²) in [5, 5.41) is 14.8. The first-order valence-electron chi connectivity index (χ1n) is 12.2. The molecule has 0 radical (unpaired) electrons. The summed E-state index contributed by atoms with van der Waals surface area (Å²) in [5.74, 6) is 0.440. The van der Waals surface area contributed by atoms with Crippen LogP contribution in [-0.4, -0.2) is 22.7 Å². The van der Waals surface area contributed by atoms with Gasteiger partial charge in [-0.1, -0.05) is 85.6 Å². The maximum atomic E-state index is 13.9. The van der Waals surface area contributed by atoms with E-state index in [2.05, 4.69) is 10.6 Å². The van der Waals surface area contributed by atoms with Crippen LogP contribution < -0.4 is 10.6 Å². The molecular weight excluding hydrogens is 436 g/mol. The predicted octanol–water partition coefficient (Wildman–Crippen LogP) is 5.02. The Morgan fingerprint density at radius 1 is 0.914 bits per heavy atom. The molecular formula is C29H30N4O2. The molecule has 0 atom stereocenters. The second kappa shape index (κ2) is 9.74. The van der Waals surface area contributed by atoms with E-state index in [0.717, 1.165) is 35.2 Å². The van der Waals surface area contributed by atoms with E-state index in [1.807, 2.05) is 84.9 Å². The molecule has 1 saturated heterocycles. The van der Waals surface area contributed by atoms with Crippen molar-refractivity contribution in [3.05, 3.63) is 102 Å². The molecule has 1 aliphatic heterocycles. The minimum absolute atomic E-state index is 0.0563. The van der Waals surface area contributed by atoms with Gasteiger partial charge in [-0.05, 0) is 47.6 Å². The van der Waals surface area contributed by atoms with Crippen molar-refractivity contribution < 1.29 is 9.59 Å². The van der Waals surface area contributed by atoms with Gasteiger partial charge >= 0.3 is 0 Å². The van der Waals surface area contributed by atoms with E-state index in [0.29, 0.717) is 12.3 Å². The quantitative estimate of drug-likeness (QED) is 0.457. The average Bonchev–Trinajstić information content (AvgIpc) is 3.48. The predicted molar refractivity (Wildman–Crippen MR) is 137 cm³/mol. The van der Waals surface area contributed by atoms with Crippen LogP contribution in [0.5, 0.6) is 0 Å². The summed E-state index contributed by atoms with van der Waals surface area (Å²) in [7, 11) is 0. The first-order chi connectivity index (χ1) is 17.1. The summed E-state index contributed by atoms with van der Waals surface area (Å²) >= 11 is 0. The topological polar surface area (TPSA) is 85.3 Å². The SMILES string of the molecule is N=C1NC(c2ccccc2)(c2ccccc2)C(=O)N1Cc1ccc(NC(=O)CC2CCCC2)cc1. The fourth-order valence-corrected chi connectivity index (χ4v) is 5.25. The van der Waals surface area contributed by atoms with Crippen molar-refractivity contribution in [3.8, 4) is 0 Å². The van der Waals surface area contributed by atoms with Crippen molar-refractivity contribution in [2.45, 2.75) is 44.2 Å². The van der Waals surface area contributed by atoms with Crippen molar-refractivity contribution >= 4 is 23.5 Å². The number of carbonyl (C=O) groups is 2. The van der Waals surface area contributed by atoms with Crippen LogP contribution in [0.1, 0.15) is 48.8 Å². The number of benzene rings is 3. The molecule has 2 aliphatic rings. The molecule has 6 heteroatoms. The number of nitrogens with one attached hydrogen (secondary N) is 3. The number of anilines is 1. The van der Waals surface area contributed by atoms with Crippen LogP contribution in [0.25, 0.3) is 0 Å². The first kappa shape index (κ1) is 22.8. The molecule has 0 bridgehead atoms. The van der Waals surface area contributed by atoms with Crippen molar-refractivity contribution in [3.63, 3.8) is 0 Å². The summed E-state index contributed by atoms with van der Waals surface area (Å²) in [6.07, 6.45) is 5.31. The highest BCUT2D eigenvalue weighted by Gasteiger charge is 2.52. The number of nitrogens with zero attached hydrogens (tertiary/aromatic N) is 1. The molecule has 2 fully saturated rings. The number of guanidine groups is 1. The van der Waals surface area contributed by atoms with Gasteiger partial charge in [0.2, 0.25) is 5.91 Å². The molecule has 3 N–H and O–H groups in total. The Hall–Kier alpha value is -3.93. The molecule has 3 aromatic rings. The van der Waals surface area contributed by atoms with Gasteiger partial charge < -0.3 is 10.6 Å². The van der Waals surface area contributed by atoms with E-state index in [1.165, 1.54) is 17.7 Å². The minimum Gasteiger partial charge on any atom is -0.334 e. The average molecular weight is 467 g/mol. The smallest absolute Gasteiger partial charge is 0.264 e. The summed E-state index contributed by atoms with van der Waals surface area (Å²) in [6.45, 7) is 0.266. The van der Waals surface area contributed by atoms with Crippen molar-refractivity contribution in [1.29, 1.82) is 5.41 Å². The van der Waals surface area contributed by atoms with Crippen LogP contribution in [0.3, 0.4) is 0 Å². The van der Waals surface area contributed by atoms with Crippen molar-refractivity contribution in [1.82, 2.24) is 10.2 Å². The largest absolute Gasteiger partial charge is 0.334 e. The molecule has 0 unspecified atom stereocenters. The zero-order valence-corrected chi connectivity index (χ0v) is 19.7. The highest BCUT2D eigenvalue weighted by molar-refractivity contribution is 6.10. The molecule has 0 spiro atoms. The number of hydrogen-bond donors (Lipinski definition) is 3. The number of hydrogen-bond acceptors (Lipinski definition) is 3. The van der Waals surface area contributed by atoms with Gasteiger partial charge in [-0.2, -0.15) is 0 Å². The van der Waals surface area contributed by atoms with Gasteiger partial charge in [0.05, 0.1) is 6.54 Å². The minimum atomic E-state index is -1.15. The Labute approximate surface area is 205 Å². The third kappa shape index (κ3) is 4.56. The van der Waals surface area contributed by atoms with Gasteiger partial charge in [-0.3, -0.25) is 19.9 Å². The van der Waals surface area contributed by atoms with E-state index >= 15 is 0 Å². The van der Waals surface area contributed by atoms with Crippen LogP contribution in [0.2, 0.25) is 0 Å². The Kier molecular flexibility index (Phi) is 6.36. The maximum Gasteiger partial charge on any atom is 0.264 e. The molecule has 178 valence electrons. The molecule has 1 heterocycles. The molecule has 0 aromatic heterocycles. The molecule has 35 heavy (non-hydrogen) atoms. The molecule has 3 aromatic carbocycles. The van der Waals surface area contributed by atoms with Gasteiger partial charge in [0, 0.05) is 12.1 Å². The zero-order valence-electron chi connectivity index (χ0n) is 19.7. The zero-order chi connectivity index (χ0) is 24.3. The second-order valence-corrected chi connectivity index (χ2v) is 9.45. The van der Waals surface area contributed by atoms with Gasteiger partial charge in [0.25, 0.3) is 5.91 Å². The lowest BCUT2D eigenvalue weighted by molar-refractivity contribution is -0.130. The van der Waals surface area contributed by atoms with Crippen LogP contribution in [-0.2, 0) is 21.7 Å². The lowest BCUT2D eigenvalue weighted by Crippen LogP contribution is -2.45. The van der Waals surface area contributed by atoms with E-state index < -0.39 is 5.54 Å². The van der Waals surface area contributed by atoms with Crippen LogP contribution in [0.15, 0.2) is 84.9 Å². The second-order valence-electron chi connectivity index (χ2n) is 9.45. The fraction of sp³-hybridized carbons (Fsp3) is 0.276. The first-order valence-corrected chi connectivity index (χ1v) is 12.2.